The minimum Gasteiger partial charge on any atom is -0.326 e. The monoisotopic (exact) mass is 307 g/mol. The van der Waals surface area contributed by atoms with Crippen LogP contribution < -0.4 is 5.32 Å². The van der Waals surface area contributed by atoms with Gasteiger partial charge in [0.25, 0.3) is 0 Å². The van der Waals surface area contributed by atoms with Crippen molar-refractivity contribution in [1.82, 2.24) is 0 Å². The molecule has 2 aliphatic rings. The van der Waals surface area contributed by atoms with E-state index >= 15 is 0 Å². The maximum atomic E-state index is 12.2. The van der Waals surface area contributed by atoms with E-state index in [4.69, 9.17) is 0 Å². The van der Waals surface area contributed by atoms with Gasteiger partial charge >= 0.3 is 0 Å². The number of rotatable bonds is 3. The summed E-state index contributed by atoms with van der Waals surface area (Å²) in [7, 11) is -2.80. The summed E-state index contributed by atoms with van der Waals surface area (Å²) in [6.07, 6.45) is 2.41. The molecule has 0 radical (unpaired) electrons. The Morgan fingerprint density at radius 2 is 2.00 bits per heavy atom. The number of hydrogen-bond acceptors (Lipinski definition) is 3. The molecule has 1 heterocycles. The molecule has 1 saturated heterocycles. The number of aryl methyl sites for hydroxylation is 2. The van der Waals surface area contributed by atoms with Crippen molar-refractivity contribution in [2.75, 3.05) is 16.8 Å². The molecule has 3 rings (SSSR count). The van der Waals surface area contributed by atoms with Crippen LogP contribution in [-0.4, -0.2) is 25.8 Å². The zero-order valence-electron chi connectivity index (χ0n) is 12.5. The van der Waals surface area contributed by atoms with Gasteiger partial charge in [-0.15, -0.1) is 0 Å². The summed E-state index contributed by atoms with van der Waals surface area (Å²) in [6, 6.07) is 5.98. The van der Waals surface area contributed by atoms with Gasteiger partial charge in [-0.1, -0.05) is 13.0 Å². The summed E-state index contributed by atoms with van der Waals surface area (Å²) in [5, 5.41) is 2.95. The van der Waals surface area contributed by atoms with Gasteiger partial charge in [0, 0.05) is 11.6 Å². The van der Waals surface area contributed by atoms with Gasteiger partial charge in [-0.3, -0.25) is 4.79 Å². The van der Waals surface area contributed by atoms with Gasteiger partial charge in [-0.05, 0) is 54.9 Å². The molecule has 114 valence electrons. The third kappa shape index (κ3) is 2.71. The van der Waals surface area contributed by atoms with E-state index in [1.165, 1.54) is 11.1 Å². The molecule has 2 fully saturated rings. The lowest BCUT2D eigenvalue weighted by Crippen LogP contribution is -2.58. The maximum Gasteiger partial charge on any atom is 0.227 e. The predicted octanol–water partition coefficient (Wildman–Crippen LogP) is 2.32. The van der Waals surface area contributed by atoms with Crippen molar-refractivity contribution in [3.8, 4) is 0 Å². The molecule has 0 aromatic heterocycles. The van der Waals surface area contributed by atoms with Gasteiger partial charge < -0.3 is 5.32 Å². The van der Waals surface area contributed by atoms with Gasteiger partial charge in [0.15, 0.2) is 9.84 Å². The van der Waals surface area contributed by atoms with Crippen LogP contribution in [-0.2, 0) is 21.1 Å². The smallest absolute Gasteiger partial charge is 0.227 e. The number of nitrogens with one attached hydrogen (secondary N) is 1. The molecule has 1 aliphatic heterocycles. The van der Waals surface area contributed by atoms with Crippen LogP contribution in [0.5, 0.6) is 0 Å². The average molecular weight is 307 g/mol. The Balaban J connectivity index is 1.57. The number of benzene rings is 1. The number of carbonyl (C=O) groups is 1. The lowest BCUT2D eigenvalue weighted by molar-refractivity contribution is -0.126. The molecule has 1 aliphatic carbocycles. The topological polar surface area (TPSA) is 63.2 Å². The normalized spacial score (nSPS) is 22.4. The first-order chi connectivity index (χ1) is 9.82. The molecule has 1 spiro atoms. The van der Waals surface area contributed by atoms with Crippen molar-refractivity contribution >= 4 is 21.4 Å². The van der Waals surface area contributed by atoms with Crippen LogP contribution in [0.2, 0.25) is 0 Å². The van der Waals surface area contributed by atoms with Crippen LogP contribution in [0.25, 0.3) is 0 Å². The molecule has 0 atom stereocenters. The fraction of sp³-hybridized carbons (Fsp3) is 0.562. The van der Waals surface area contributed by atoms with Crippen LogP contribution >= 0.6 is 0 Å². The van der Waals surface area contributed by atoms with Crippen LogP contribution in [0.1, 0.15) is 30.9 Å². The molecule has 21 heavy (non-hydrogen) atoms. The van der Waals surface area contributed by atoms with Gasteiger partial charge in [0.1, 0.15) is 0 Å². The number of anilines is 1. The number of amides is 1. The third-order valence-corrected chi connectivity index (χ3v) is 6.88. The van der Waals surface area contributed by atoms with E-state index < -0.39 is 9.84 Å². The van der Waals surface area contributed by atoms with Gasteiger partial charge in [-0.2, -0.15) is 0 Å². The average Bonchev–Trinajstić information content (AvgIpc) is 2.32. The van der Waals surface area contributed by atoms with E-state index in [1.54, 1.807) is 0 Å². The summed E-state index contributed by atoms with van der Waals surface area (Å²) in [6.45, 7) is 4.16. The Morgan fingerprint density at radius 1 is 1.33 bits per heavy atom. The highest BCUT2D eigenvalue weighted by atomic mass is 32.2. The molecule has 4 nitrogen and oxygen atoms in total. The second-order valence-corrected chi connectivity index (χ2v) is 8.69. The van der Waals surface area contributed by atoms with Crippen molar-refractivity contribution < 1.29 is 13.2 Å². The molecular formula is C16H21NO3S. The zero-order valence-corrected chi connectivity index (χ0v) is 13.3. The molecular weight excluding hydrogens is 286 g/mol. The Hall–Kier alpha value is -1.36. The highest BCUT2D eigenvalue weighted by Gasteiger charge is 2.57. The number of sulfone groups is 1. The highest BCUT2D eigenvalue weighted by molar-refractivity contribution is 7.92. The van der Waals surface area contributed by atoms with Crippen molar-refractivity contribution in [3.05, 3.63) is 29.3 Å². The first-order valence-electron chi connectivity index (χ1n) is 7.43. The minimum atomic E-state index is -2.80. The predicted molar refractivity (Wildman–Crippen MR) is 83.0 cm³/mol. The fourth-order valence-electron chi connectivity index (χ4n) is 3.71. The van der Waals surface area contributed by atoms with E-state index in [9.17, 15) is 13.2 Å². The first kappa shape index (κ1) is 14.6. The lowest BCUT2D eigenvalue weighted by atomic mass is 9.63. The molecule has 1 amide bonds. The zero-order chi connectivity index (χ0) is 15.3. The van der Waals surface area contributed by atoms with E-state index in [1.807, 2.05) is 25.1 Å². The minimum absolute atomic E-state index is 0.0218. The molecule has 1 saturated carbocycles. The van der Waals surface area contributed by atoms with Gasteiger partial charge in [-0.25, -0.2) is 8.42 Å². The van der Waals surface area contributed by atoms with E-state index in [-0.39, 0.29) is 28.7 Å². The Morgan fingerprint density at radius 3 is 2.52 bits per heavy atom. The van der Waals surface area contributed by atoms with E-state index in [2.05, 4.69) is 12.2 Å². The molecule has 1 N–H and O–H groups in total. The summed E-state index contributed by atoms with van der Waals surface area (Å²) in [4.78, 5) is 12.2. The summed E-state index contributed by atoms with van der Waals surface area (Å²) in [5.41, 5.74) is 3.22. The second kappa shape index (κ2) is 4.83. The Labute approximate surface area is 125 Å². The van der Waals surface area contributed by atoms with Crippen LogP contribution in [0.4, 0.5) is 5.69 Å². The van der Waals surface area contributed by atoms with E-state index in [0.717, 1.165) is 12.1 Å². The number of carbonyl (C=O) groups excluding carboxylic acids is 1. The molecule has 0 bridgehead atoms. The summed E-state index contributed by atoms with van der Waals surface area (Å²) < 4.78 is 22.5. The van der Waals surface area contributed by atoms with Crippen molar-refractivity contribution in [1.29, 1.82) is 0 Å². The lowest BCUT2D eigenvalue weighted by Gasteiger charge is -2.52. The molecule has 0 unspecified atom stereocenters. The molecule has 1 aromatic rings. The van der Waals surface area contributed by atoms with E-state index in [0.29, 0.717) is 12.8 Å². The SMILES string of the molecule is CCc1ccc(NC(=O)C2CC3(C2)CS(=O)(=O)C3)cc1C. The summed E-state index contributed by atoms with van der Waals surface area (Å²) in [5.74, 6) is 0.530. The standard InChI is InChI=1S/C16H21NO3S/c1-3-12-4-5-14(6-11(12)2)17-15(18)13-7-16(8-13)9-21(19,20)10-16/h4-6,13H,3,7-10H2,1-2H3,(H,17,18). The third-order valence-electron chi connectivity index (χ3n) is 4.77. The van der Waals surface area contributed by atoms with Crippen LogP contribution in [0, 0.1) is 18.3 Å². The number of hydrogen-bond donors (Lipinski definition) is 1. The van der Waals surface area contributed by atoms with Gasteiger partial charge in [0.05, 0.1) is 11.5 Å². The quantitative estimate of drug-likeness (QED) is 0.932. The largest absolute Gasteiger partial charge is 0.326 e. The van der Waals surface area contributed by atoms with Crippen molar-refractivity contribution in [2.45, 2.75) is 33.1 Å². The van der Waals surface area contributed by atoms with Crippen LogP contribution in [0.3, 0.4) is 0 Å². The van der Waals surface area contributed by atoms with Crippen LogP contribution in [0.15, 0.2) is 18.2 Å². The highest BCUT2D eigenvalue weighted by Crippen LogP contribution is 2.53. The maximum absolute atomic E-state index is 12.2. The molecule has 1 aromatic carbocycles. The fourth-order valence-corrected chi connectivity index (χ4v) is 5.96. The molecule has 5 heteroatoms. The summed E-state index contributed by atoms with van der Waals surface area (Å²) >= 11 is 0. The van der Waals surface area contributed by atoms with Crippen molar-refractivity contribution in [3.63, 3.8) is 0 Å². The second-order valence-electron chi connectivity index (χ2n) is 6.62. The Bertz CT molecular complexity index is 673. The van der Waals surface area contributed by atoms with Crippen molar-refractivity contribution in [2.24, 2.45) is 11.3 Å². The first-order valence-corrected chi connectivity index (χ1v) is 9.25. The van der Waals surface area contributed by atoms with Gasteiger partial charge in [0.2, 0.25) is 5.91 Å². The Kier molecular flexibility index (Phi) is 3.35.